The molecule has 0 saturated heterocycles. The number of nitrogens with zero attached hydrogens (tertiary/aromatic N) is 2. The van der Waals surface area contributed by atoms with Gasteiger partial charge in [-0.05, 0) is 0 Å². The van der Waals surface area contributed by atoms with Gasteiger partial charge in [0.25, 0.3) is 0 Å². The minimum absolute atomic E-state index is 0.1000. The maximum atomic E-state index is 10.5. The van der Waals surface area contributed by atoms with E-state index in [1.54, 1.807) is 6.20 Å². The molecule has 6 nitrogen and oxygen atoms in total. The highest BCUT2D eigenvalue weighted by Crippen LogP contribution is 2.17. The lowest BCUT2D eigenvalue weighted by molar-refractivity contribution is -0.136. The Bertz CT molecular complexity index is 550. The van der Waals surface area contributed by atoms with E-state index in [1.165, 1.54) is 11.3 Å². The molecular formula is C12H15N3O3S. The van der Waals surface area contributed by atoms with Crippen LogP contribution in [0.4, 0.5) is 5.13 Å². The number of nitrogens with one attached hydrogen (secondary N) is 1. The van der Waals surface area contributed by atoms with Crippen LogP contribution in [-0.2, 0) is 24.2 Å². The molecule has 0 bridgehead atoms. The first-order valence-electron chi connectivity index (χ1n) is 6.01. The number of carboxylic acids is 1. The van der Waals surface area contributed by atoms with E-state index < -0.39 is 5.97 Å². The predicted octanol–water partition coefficient (Wildman–Crippen LogP) is 2.32. The zero-order valence-electron chi connectivity index (χ0n) is 10.5. The average Bonchev–Trinajstić information content (AvgIpc) is 3.03. The van der Waals surface area contributed by atoms with Crippen molar-refractivity contribution < 1.29 is 14.3 Å². The minimum atomic E-state index is -0.811. The molecule has 0 saturated carbocycles. The normalized spacial score (nSPS) is 10.6. The summed E-state index contributed by atoms with van der Waals surface area (Å²) in [7, 11) is 0. The Balaban J connectivity index is 1.84. The van der Waals surface area contributed by atoms with Gasteiger partial charge in [-0.15, -0.1) is 11.3 Å². The second kappa shape index (κ2) is 6.33. The Morgan fingerprint density at radius 3 is 3.11 bits per heavy atom. The maximum absolute atomic E-state index is 10.5. The van der Waals surface area contributed by atoms with Crippen molar-refractivity contribution in [2.24, 2.45) is 0 Å². The molecular weight excluding hydrogens is 266 g/mol. The van der Waals surface area contributed by atoms with Crippen LogP contribution in [0.5, 0.6) is 0 Å². The number of carbonyl (C=O) groups is 1. The lowest BCUT2D eigenvalue weighted by Gasteiger charge is -1.97. The molecule has 19 heavy (non-hydrogen) atoms. The fourth-order valence-electron chi connectivity index (χ4n) is 1.48. The van der Waals surface area contributed by atoms with Crippen molar-refractivity contribution in [2.75, 3.05) is 5.32 Å². The Kier molecular flexibility index (Phi) is 4.51. The summed E-state index contributed by atoms with van der Waals surface area (Å²) in [4.78, 5) is 18.9. The van der Waals surface area contributed by atoms with Crippen molar-refractivity contribution in [1.82, 2.24) is 9.97 Å². The zero-order chi connectivity index (χ0) is 13.7. The summed E-state index contributed by atoms with van der Waals surface area (Å²) in [6.07, 6.45) is 3.09. The van der Waals surface area contributed by atoms with E-state index in [0.29, 0.717) is 18.9 Å². The second-order valence-electron chi connectivity index (χ2n) is 3.97. The van der Waals surface area contributed by atoms with E-state index in [9.17, 15) is 4.79 Å². The van der Waals surface area contributed by atoms with Gasteiger partial charge in [-0.1, -0.05) is 6.92 Å². The average molecular weight is 281 g/mol. The van der Waals surface area contributed by atoms with Gasteiger partial charge in [0, 0.05) is 18.2 Å². The van der Waals surface area contributed by atoms with Crippen LogP contribution in [0.2, 0.25) is 0 Å². The Morgan fingerprint density at radius 2 is 2.42 bits per heavy atom. The van der Waals surface area contributed by atoms with Crippen LogP contribution in [-0.4, -0.2) is 21.0 Å². The standard InChI is InChI=1S/C12H15N3O3S/c1-2-9-5-13-10(18-9)6-14-12-15-8(7-19-12)3-4-11(16)17/h5,7H,2-4,6H2,1H3,(H,14,15)(H,16,17). The Hall–Kier alpha value is -1.89. The number of aliphatic carboxylic acids is 1. The lowest BCUT2D eigenvalue weighted by Crippen LogP contribution is -2.00. The van der Waals surface area contributed by atoms with E-state index in [1.807, 2.05) is 12.3 Å². The number of thiazole rings is 1. The third-order valence-electron chi connectivity index (χ3n) is 2.49. The molecule has 0 aliphatic rings. The molecule has 102 valence electrons. The number of aromatic nitrogens is 2. The third-order valence-corrected chi connectivity index (χ3v) is 3.34. The van der Waals surface area contributed by atoms with Crippen molar-refractivity contribution in [3.63, 3.8) is 0 Å². The molecule has 2 heterocycles. The fourth-order valence-corrected chi connectivity index (χ4v) is 2.23. The highest BCUT2D eigenvalue weighted by Gasteiger charge is 2.06. The van der Waals surface area contributed by atoms with E-state index in [4.69, 9.17) is 9.52 Å². The molecule has 2 aromatic rings. The smallest absolute Gasteiger partial charge is 0.303 e. The first-order chi connectivity index (χ1) is 9.17. The molecule has 0 aromatic carbocycles. The number of hydrogen-bond donors (Lipinski definition) is 2. The van der Waals surface area contributed by atoms with Crippen molar-refractivity contribution in [3.05, 3.63) is 28.9 Å². The molecule has 0 amide bonds. The molecule has 7 heteroatoms. The second-order valence-corrected chi connectivity index (χ2v) is 4.82. The van der Waals surface area contributed by atoms with Crippen LogP contribution in [0, 0.1) is 0 Å². The lowest BCUT2D eigenvalue weighted by atomic mass is 10.2. The van der Waals surface area contributed by atoms with Crippen LogP contribution in [0.3, 0.4) is 0 Å². The van der Waals surface area contributed by atoms with Gasteiger partial charge in [0.1, 0.15) is 5.76 Å². The molecule has 0 unspecified atom stereocenters. The highest BCUT2D eigenvalue weighted by molar-refractivity contribution is 7.13. The van der Waals surface area contributed by atoms with E-state index in [0.717, 1.165) is 23.0 Å². The van der Waals surface area contributed by atoms with Gasteiger partial charge < -0.3 is 14.8 Å². The largest absolute Gasteiger partial charge is 0.481 e. The summed E-state index contributed by atoms with van der Waals surface area (Å²) in [6, 6.07) is 0. The molecule has 0 aliphatic heterocycles. The summed E-state index contributed by atoms with van der Waals surface area (Å²) in [6.45, 7) is 2.49. The number of aryl methyl sites for hydroxylation is 2. The van der Waals surface area contributed by atoms with Crippen molar-refractivity contribution in [3.8, 4) is 0 Å². The number of hydrogen-bond acceptors (Lipinski definition) is 6. The summed E-state index contributed by atoms with van der Waals surface area (Å²) >= 11 is 1.45. The minimum Gasteiger partial charge on any atom is -0.481 e. The maximum Gasteiger partial charge on any atom is 0.303 e. The molecule has 0 atom stereocenters. The summed E-state index contributed by atoms with van der Waals surface area (Å²) < 4.78 is 5.47. The zero-order valence-corrected chi connectivity index (χ0v) is 11.4. The summed E-state index contributed by atoms with van der Waals surface area (Å²) in [5.41, 5.74) is 0.788. The van der Waals surface area contributed by atoms with Crippen molar-refractivity contribution >= 4 is 22.4 Å². The Labute approximate surface area is 114 Å². The van der Waals surface area contributed by atoms with Crippen molar-refractivity contribution in [2.45, 2.75) is 32.7 Å². The van der Waals surface area contributed by atoms with Gasteiger partial charge >= 0.3 is 5.97 Å². The monoisotopic (exact) mass is 281 g/mol. The first kappa shape index (κ1) is 13.5. The predicted molar refractivity (Wildman–Crippen MR) is 71.3 cm³/mol. The van der Waals surface area contributed by atoms with Gasteiger partial charge in [0.2, 0.25) is 5.89 Å². The molecule has 2 rings (SSSR count). The summed E-state index contributed by atoms with van der Waals surface area (Å²) in [5.74, 6) is 0.673. The van der Waals surface area contributed by atoms with Gasteiger partial charge in [-0.25, -0.2) is 9.97 Å². The fraction of sp³-hybridized carbons (Fsp3) is 0.417. The van der Waals surface area contributed by atoms with Gasteiger partial charge in [0.05, 0.1) is 24.9 Å². The van der Waals surface area contributed by atoms with Crippen LogP contribution in [0.15, 0.2) is 16.0 Å². The number of oxazole rings is 1. The Morgan fingerprint density at radius 1 is 1.58 bits per heavy atom. The topological polar surface area (TPSA) is 88.2 Å². The van der Waals surface area contributed by atoms with Gasteiger partial charge in [-0.3, -0.25) is 4.79 Å². The van der Waals surface area contributed by atoms with Gasteiger partial charge in [0.15, 0.2) is 5.13 Å². The van der Waals surface area contributed by atoms with Crippen LogP contribution in [0.1, 0.15) is 30.7 Å². The third kappa shape index (κ3) is 4.06. The number of rotatable bonds is 7. The van der Waals surface area contributed by atoms with Crippen LogP contribution < -0.4 is 5.32 Å². The molecule has 0 aliphatic carbocycles. The van der Waals surface area contributed by atoms with Crippen LogP contribution >= 0.6 is 11.3 Å². The number of anilines is 1. The molecule has 0 spiro atoms. The SMILES string of the molecule is CCc1cnc(CNc2nc(CCC(=O)O)cs2)o1. The van der Waals surface area contributed by atoms with Crippen LogP contribution in [0.25, 0.3) is 0 Å². The quantitative estimate of drug-likeness (QED) is 0.809. The first-order valence-corrected chi connectivity index (χ1v) is 6.89. The molecule has 0 radical (unpaired) electrons. The highest BCUT2D eigenvalue weighted by atomic mass is 32.1. The molecule has 2 N–H and O–H groups in total. The van der Waals surface area contributed by atoms with Gasteiger partial charge in [-0.2, -0.15) is 0 Å². The molecule has 2 aromatic heterocycles. The van der Waals surface area contributed by atoms with E-state index in [2.05, 4.69) is 15.3 Å². The summed E-state index contributed by atoms with van der Waals surface area (Å²) in [5, 5.41) is 14.3. The van der Waals surface area contributed by atoms with E-state index >= 15 is 0 Å². The van der Waals surface area contributed by atoms with E-state index in [-0.39, 0.29) is 6.42 Å². The molecule has 0 fully saturated rings. The van der Waals surface area contributed by atoms with Crippen molar-refractivity contribution in [1.29, 1.82) is 0 Å². The number of carboxylic acid groups (broad SMARTS) is 1.